The van der Waals surface area contributed by atoms with E-state index in [1.807, 2.05) is 0 Å². The zero-order chi connectivity index (χ0) is 24.1. The van der Waals surface area contributed by atoms with Crippen molar-refractivity contribution < 1.29 is 22.4 Å². The lowest BCUT2D eigenvalue weighted by Crippen LogP contribution is -2.40. The molecule has 1 aromatic heterocycles. The number of benzene rings is 2. The number of halogens is 4. The number of anilines is 3. The molecule has 1 aliphatic rings. The highest BCUT2D eigenvalue weighted by Crippen LogP contribution is 2.31. The van der Waals surface area contributed by atoms with Gasteiger partial charge in [0.05, 0.1) is 0 Å². The standard InChI is InChI=1S/C24H23F4N5O/c25-16-8-6-15(7-9-16)22(34)30-19-12-10-18(11-13-19)29-21-14-20(24(26,27)28)32-23(33-21)31-17-4-2-1-3-5-17/h1-9,14,18-19H,10-13H2,(H,30,34)(H2,29,31,32,33). The Morgan fingerprint density at radius 1 is 0.882 bits per heavy atom. The van der Waals surface area contributed by atoms with Crippen molar-refractivity contribution in [2.45, 2.75) is 43.9 Å². The molecular weight excluding hydrogens is 450 g/mol. The van der Waals surface area contributed by atoms with Gasteiger partial charge in [-0.3, -0.25) is 4.79 Å². The largest absolute Gasteiger partial charge is 0.433 e. The van der Waals surface area contributed by atoms with Gasteiger partial charge in [0.1, 0.15) is 11.6 Å². The molecule has 0 atom stereocenters. The lowest BCUT2D eigenvalue weighted by Gasteiger charge is -2.30. The topological polar surface area (TPSA) is 78.9 Å². The van der Waals surface area contributed by atoms with Gasteiger partial charge in [-0.1, -0.05) is 18.2 Å². The first-order valence-corrected chi connectivity index (χ1v) is 10.9. The van der Waals surface area contributed by atoms with E-state index in [4.69, 9.17) is 0 Å². The minimum absolute atomic E-state index is 0.0675. The van der Waals surface area contributed by atoms with E-state index in [2.05, 4.69) is 25.9 Å². The van der Waals surface area contributed by atoms with Gasteiger partial charge in [0.15, 0.2) is 5.69 Å². The van der Waals surface area contributed by atoms with Gasteiger partial charge in [-0.05, 0) is 62.1 Å². The highest BCUT2D eigenvalue weighted by atomic mass is 19.4. The molecule has 0 aliphatic heterocycles. The first-order valence-electron chi connectivity index (χ1n) is 10.9. The number of aromatic nitrogens is 2. The molecule has 1 amide bonds. The average molecular weight is 473 g/mol. The monoisotopic (exact) mass is 473 g/mol. The number of alkyl halides is 3. The molecule has 0 saturated heterocycles. The van der Waals surface area contributed by atoms with E-state index in [9.17, 15) is 22.4 Å². The molecule has 3 aromatic rings. The van der Waals surface area contributed by atoms with Crippen LogP contribution < -0.4 is 16.0 Å². The van der Waals surface area contributed by atoms with Gasteiger partial charge in [-0.2, -0.15) is 18.2 Å². The van der Waals surface area contributed by atoms with Crippen molar-refractivity contribution in [1.82, 2.24) is 15.3 Å². The molecule has 1 saturated carbocycles. The summed E-state index contributed by atoms with van der Waals surface area (Å²) in [4.78, 5) is 20.2. The highest BCUT2D eigenvalue weighted by Gasteiger charge is 2.34. The van der Waals surface area contributed by atoms with Crippen molar-refractivity contribution >= 4 is 23.4 Å². The fourth-order valence-corrected chi connectivity index (χ4v) is 3.83. The maximum Gasteiger partial charge on any atom is 0.433 e. The average Bonchev–Trinajstić information content (AvgIpc) is 2.81. The van der Waals surface area contributed by atoms with Crippen LogP contribution in [0, 0.1) is 5.82 Å². The normalized spacial score (nSPS) is 18.2. The van der Waals surface area contributed by atoms with Crippen LogP contribution in [-0.4, -0.2) is 28.0 Å². The minimum atomic E-state index is -4.62. The van der Waals surface area contributed by atoms with E-state index >= 15 is 0 Å². The molecule has 1 aliphatic carbocycles. The summed E-state index contributed by atoms with van der Waals surface area (Å²) in [6.45, 7) is 0. The van der Waals surface area contributed by atoms with E-state index < -0.39 is 17.7 Å². The van der Waals surface area contributed by atoms with Crippen LogP contribution in [0.4, 0.5) is 35.0 Å². The minimum Gasteiger partial charge on any atom is -0.367 e. The zero-order valence-electron chi connectivity index (χ0n) is 18.1. The third-order valence-corrected chi connectivity index (χ3v) is 5.57. The molecule has 2 aromatic carbocycles. The number of para-hydroxylation sites is 1. The lowest BCUT2D eigenvalue weighted by molar-refractivity contribution is -0.141. The SMILES string of the molecule is O=C(NC1CCC(Nc2cc(C(F)(F)F)nc(Nc3ccccc3)n2)CC1)c1ccc(F)cc1. The Bertz CT molecular complexity index is 1110. The first-order chi connectivity index (χ1) is 16.3. The maximum absolute atomic E-state index is 13.4. The fraction of sp³-hybridized carbons (Fsp3) is 0.292. The third-order valence-electron chi connectivity index (χ3n) is 5.57. The number of rotatable bonds is 6. The van der Waals surface area contributed by atoms with Gasteiger partial charge in [-0.25, -0.2) is 9.37 Å². The van der Waals surface area contributed by atoms with Crippen molar-refractivity contribution in [3.8, 4) is 0 Å². The third kappa shape index (κ3) is 6.21. The number of hydrogen-bond acceptors (Lipinski definition) is 5. The van der Waals surface area contributed by atoms with Crippen molar-refractivity contribution in [3.63, 3.8) is 0 Å². The van der Waals surface area contributed by atoms with Gasteiger partial charge >= 0.3 is 6.18 Å². The Balaban J connectivity index is 1.38. The van der Waals surface area contributed by atoms with Crippen molar-refractivity contribution in [2.75, 3.05) is 10.6 Å². The van der Waals surface area contributed by atoms with Crippen molar-refractivity contribution in [1.29, 1.82) is 0 Å². The summed E-state index contributed by atoms with van der Waals surface area (Å²) in [6, 6.07) is 14.8. The maximum atomic E-state index is 13.4. The molecule has 0 unspecified atom stereocenters. The van der Waals surface area contributed by atoms with Gasteiger partial charge in [-0.15, -0.1) is 0 Å². The zero-order valence-corrected chi connectivity index (χ0v) is 18.1. The molecule has 178 valence electrons. The first kappa shape index (κ1) is 23.5. The second-order valence-electron chi connectivity index (χ2n) is 8.12. The van der Waals surface area contributed by atoms with Crippen LogP contribution in [0.3, 0.4) is 0 Å². The highest BCUT2D eigenvalue weighted by molar-refractivity contribution is 5.94. The van der Waals surface area contributed by atoms with Crippen LogP contribution in [0.1, 0.15) is 41.7 Å². The Morgan fingerprint density at radius 2 is 1.53 bits per heavy atom. The number of nitrogens with zero attached hydrogens (tertiary/aromatic N) is 2. The van der Waals surface area contributed by atoms with E-state index in [-0.39, 0.29) is 29.8 Å². The van der Waals surface area contributed by atoms with Crippen molar-refractivity contribution in [2.24, 2.45) is 0 Å². The number of amides is 1. The second-order valence-corrected chi connectivity index (χ2v) is 8.12. The molecular formula is C24H23F4N5O. The summed E-state index contributed by atoms with van der Waals surface area (Å²) in [5.74, 6) is -0.759. The summed E-state index contributed by atoms with van der Waals surface area (Å²) in [5.41, 5.74) is -0.0883. The summed E-state index contributed by atoms with van der Waals surface area (Å²) >= 11 is 0. The lowest BCUT2D eigenvalue weighted by atomic mass is 9.91. The van der Waals surface area contributed by atoms with E-state index in [0.717, 1.165) is 6.07 Å². The van der Waals surface area contributed by atoms with Crippen LogP contribution in [0.25, 0.3) is 0 Å². The second kappa shape index (κ2) is 10.1. The Labute approximate surface area is 193 Å². The molecule has 6 nitrogen and oxygen atoms in total. The summed E-state index contributed by atoms with van der Waals surface area (Å²) in [6.07, 6.45) is -2.04. The number of carbonyl (C=O) groups is 1. The number of nitrogens with one attached hydrogen (secondary N) is 3. The molecule has 1 heterocycles. The Morgan fingerprint density at radius 3 is 2.18 bits per heavy atom. The molecule has 4 rings (SSSR count). The van der Waals surface area contributed by atoms with E-state index in [1.54, 1.807) is 30.3 Å². The fourth-order valence-electron chi connectivity index (χ4n) is 3.83. The smallest absolute Gasteiger partial charge is 0.367 e. The predicted molar refractivity (Wildman–Crippen MR) is 120 cm³/mol. The Kier molecular flexibility index (Phi) is 6.95. The predicted octanol–water partition coefficient (Wildman–Crippen LogP) is 5.53. The van der Waals surface area contributed by atoms with Crippen LogP contribution >= 0.6 is 0 Å². The molecule has 3 N–H and O–H groups in total. The Hall–Kier alpha value is -3.69. The summed E-state index contributed by atoms with van der Waals surface area (Å²) < 4.78 is 53.2. The molecule has 34 heavy (non-hydrogen) atoms. The molecule has 0 radical (unpaired) electrons. The van der Waals surface area contributed by atoms with Gasteiger partial charge < -0.3 is 16.0 Å². The van der Waals surface area contributed by atoms with Crippen molar-refractivity contribution in [3.05, 3.63) is 77.7 Å². The molecule has 0 bridgehead atoms. The van der Waals surface area contributed by atoms with Gasteiger partial charge in [0, 0.05) is 29.4 Å². The summed E-state index contributed by atoms with van der Waals surface area (Å²) in [7, 11) is 0. The number of carbonyl (C=O) groups excluding carboxylic acids is 1. The molecule has 1 fully saturated rings. The van der Waals surface area contributed by atoms with Crippen LogP contribution in [0.2, 0.25) is 0 Å². The molecule has 0 spiro atoms. The quantitative estimate of drug-likeness (QED) is 0.410. The van der Waals surface area contributed by atoms with E-state index in [0.29, 0.717) is 36.9 Å². The van der Waals surface area contributed by atoms with E-state index in [1.165, 1.54) is 24.3 Å². The number of hydrogen-bond donors (Lipinski definition) is 3. The molecule has 10 heteroatoms. The van der Waals surface area contributed by atoms with Gasteiger partial charge in [0.25, 0.3) is 5.91 Å². The van der Waals surface area contributed by atoms with Crippen LogP contribution in [0.5, 0.6) is 0 Å². The van der Waals surface area contributed by atoms with Crippen LogP contribution in [-0.2, 0) is 6.18 Å². The van der Waals surface area contributed by atoms with Gasteiger partial charge in [0.2, 0.25) is 5.95 Å². The summed E-state index contributed by atoms with van der Waals surface area (Å²) in [5, 5.41) is 8.83. The van der Waals surface area contributed by atoms with Crippen LogP contribution in [0.15, 0.2) is 60.7 Å².